The lowest BCUT2D eigenvalue weighted by atomic mass is 10.1. The molecule has 0 saturated heterocycles. The van der Waals surface area contributed by atoms with E-state index in [0.717, 1.165) is 0 Å². The van der Waals surface area contributed by atoms with Crippen molar-refractivity contribution in [3.05, 3.63) is 12.2 Å². The highest BCUT2D eigenvalue weighted by atomic mass is 19.4. The van der Waals surface area contributed by atoms with Gasteiger partial charge in [-0.1, -0.05) is 5.57 Å². The Balaban J connectivity index is 3.85. The van der Waals surface area contributed by atoms with Crippen LogP contribution < -0.4 is 0 Å². The van der Waals surface area contributed by atoms with Crippen molar-refractivity contribution in [1.82, 2.24) is 0 Å². The van der Waals surface area contributed by atoms with Gasteiger partial charge in [0.15, 0.2) is 6.10 Å². The lowest BCUT2D eigenvalue weighted by Gasteiger charge is -2.13. The quantitative estimate of drug-likeness (QED) is 0.602. The van der Waals surface area contributed by atoms with Crippen molar-refractivity contribution in [3.63, 3.8) is 0 Å². The maximum Gasteiger partial charge on any atom is 0.414 e. The van der Waals surface area contributed by atoms with E-state index in [4.69, 9.17) is 5.11 Å². The molecule has 1 nitrogen and oxygen atoms in total. The summed E-state index contributed by atoms with van der Waals surface area (Å²) in [4.78, 5) is 0. The number of hydrogen-bond acceptors (Lipinski definition) is 1. The number of rotatable bonds is 2. The van der Waals surface area contributed by atoms with E-state index < -0.39 is 18.7 Å². The van der Waals surface area contributed by atoms with Gasteiger partial charge in [0.25, 0.3) is 0 Å². The van der Waals surface area contributed by atoms with Crippen LogP contribution in [0.15, 0.2) is 12.2 Å². The zero-order valence-corrected chi connectivity index (χ0v) is 5.57. The van der Waals surface area contributed by atoms with Crippen LogP contribution in [0.3, 0.4) is 0 Å². The summed E-state index contributed by atoms with van der Waals surface area (Å²) in [6.45, 7) is 4.69. The Kier molecular flexibility index (Phi) is 2.90. The molecule has 0 bridgehead atoms. The van der Waals surface area contributed by atoms with Gasteiger partial charge in [-0.2, -0.15) is 13.2 Å². The van der Waals surface area contributed by atoms with Crippen LogP contribution in [0.5, 0.6) is 0 Å². The highest BCUT2D eigenvalue weighted by Gasteiger charge is 2.37. The molecule has 0 heterocycles. The summed E-state index contributed by atoms with van der Waals surface area (Å²) >= 11 is 0. The van der Waals surface area contributed by atoms with E-state index in [2.05, 4.69) is 6.58 Å². The molecule has 0 aromatic heterocycles. The Morgan fingerprint density at radius 2 is 2.00 bits per heavy atom. The first kappa shape index (κ1) is 9.49. The van der Waals surface area contributed by atoms with Crippen molar-refractivity contribution < 1.29 is 18.3 Å². The summed E-state index contributed by atoms with van der Waals surface area (Å²) in [5.74, 6) is 0. The topological polar surface area (TPSA) is 20.2 Å². The third-order valence-electron chi connectivity index (χ3n) is 0.920. The molecule has 0 rings (SSSR count). The molecular formula is C6H9F3O. The number of aliphatic hydroxyl groups excluding tert-OH is 1. The van der Waals surface area contributed by atoms with E-state index in [1.165, 1.54) is 6.92 Å². The molecule has 10 heavy (non-hydrogen) atoms. The lowest BCUT2D eigenvalue weighted by Crippen LogP contribution is -2.28. The second-order valence-corrected chi connectivity index (χ2v) is 2.22. The zero-order chi connectivity index (χ0) is 8.36. The first-order valence-corrected chi connectivity index (χ1v) is 2.73. The molecular weight excluding hydrogens is 145 g/mol. The monoisotopic (exact) mass is 154 g/mol. The molecule has 0 saturated carbocycles. The van der Waals surface area contributed by atoms with Crippen LogP contribution in [0.25, 0.3) is 0 Å². The summed E-state index contributed by atoms with van der Waals surface area (Å²) in [7, 11) is 0. The Hall–Kier alpha value is -0.510. The molecule has 4 heteroatoms. The molecule has 0 spiro atoms. The second kappa shape index (κ2) is 3.05. The minimum Gasteiger partial charge on any atom is -0.383 e. The molecule has 0 unspecified atom stereocenters. The van der Waals surface area contributed by atoms with Gasteiger partial charge in [0.05, 0.1) is 0 Å². The van der Waals surface area contributed by atoms with Crippen LogP contribution in [0.4, 0.5) is 13.2 Å². The standard InChI is InChI=1S/C6H9F3O/c1-4(2)3-5(10)6(7,8)9/h5,10H,1,3H2,2H3/t5-/m1/s1. The van der Waals surface area contributed by atoms with Gasteiger partial charge in [-0.3, -0.25) is 0 Å². The number of aliphatic hydroxyl groups is 1. The average molecular weight is 154 g/mol. The van der Waals surface area contributed by atoms with Crippen LogP contribution in [-0.2, 0) is 0 Å². The van der Waals surface area contributed by atoms with E-state index in [-0.39, 0.29) is 0 Å². The molecule has 0 aliphatic rings. The summed E-state index contributed by atoms with van der Waals surface area (Å²) in [6, 6.07) is 0. The van der Waals surface area contributed by atoms with E-state index in [9.17, 15) is 13.2 Å². The maximum absolute atomic E-state index is 11.5. The van der Waals surface area contributed by atoms with Crippen molar-refractivity contribution in [1.29, 1.82) is 0 Å². The summed E-state index contributed by atoms with van der Waals surface area (Å²) < 4.78 is 34.6. The normalized spacial score (nSPS) is 14.9. The van der Waals surface area contributed by atoms with Crippen molar-refractivity contribution in [2.75, 3.05) is 0 Å². The third-order valence-corrected chi connectivity index (χ3v) is 0.920. The number of alkyl halides is 3. The Labute approximate surface area is 57.2 Å². The van der Waals surface area contributed by atoms with Gasteiger partial charge in [-0.15, -0.1) is 6.58 Å². The highest BCUT2D eigenvalue weighted by Crippen LogP contribution is 2.23. The van der Waals surface area contributed by atoms with Crippen LogP contribution in [0.1, 0.15) is 13.3 Å². The van der Waals surface area contributed by atoms with Crippen LogP contribution >= 0.6 is 0 Å². The predicted molar refractivity (Wildman–Crippen MR) is 31.5 cm³/mol. The molecule has 0 radical (unpaired) electrons. The Morgan fingerprint density at radius 3 is 2.10 bits per heavy atom. The van der Waals surface area contributed by atoms with Crippen LogP contribution in [-0.4, -0.2) is 17.4 Å². The van der Waals surface area contributed by atoms with Gasteiger partial charge in [0.1, 0.15) is 0 Å². The van der Waals surface area contributed by atoms with Crippen molar-refractivity contribution in [2.45, 2.75) is 25.6 Å². The van der Waals surface area contributed by atoms with E-state index in [0.29, 0.717) is 5.57 Å². The molecule has 0 fully saturated rings. The zero-order valence-electron chi connectivity index (χ0n) is 5.57. The minimum absolute atomic E-state index is 0.324. The predicted octanol–water partition coefficient (Wildman–Crippen LogP) is 1.88. The lowest BCUT2D eigenvalue weighted by molar-refractivity contribution is -0.202. The highest BCUT2D eigenvalue weighted by molar-refractivity contribution is 4.92. The molecule has 1 atom stereocenters. The molecule has 0 aromatic carbocycles. The maximum atomic E-state index is 11.5. The van der Waals surface area contributed by atoms with Crippen molar-refractivity contribution in [2.24, 2.45) is 0 Å². The Bertz CT molecular complexity index is 127. The van der Waals surface area contributed by atoms with Gasteiger partial charge < -0.3 is 5.11 Å². The fourth-order valence-electron chi connectivity index (χ4n) is 0.446. The molecule has 0 aliphatic carbocycles. The fourth-order valence-corrected chi connectivity index (χ4v) is 0.446. The van der Waals surface area contributed by atoms with E-state index >= 15 is 0 Å². The Morgan fingerprint density at radius 1 is 1.60 bits per heavy atom. The summed E-state index contributed by atoms with van der Waals surface area (Å²) in [5.41, 5.74) is 0.324. The molecule has 0 aliphatic heterocycles. The smallest absolute Gasteiger partial charge is 0.383 e. The minimum atomic E-state index is -4.51. The molecule has 1 N–H and O–H groups in total. The SMILES string of the molecule is C=C(C)C[C@@H](O)C(F)(F)F. The molecule has 0 aromatic rings. The largest absolute Gasteiger partial charge is 0.414 e. The fraction of sp³-hybridized carbons (Fsp3) is 0.667. The van der Waals surface area contributed by atoms with Crippen molar-refractivity contribution in [3.8, 4) is 0 Å². The third kappa shape index (κ3) is 3.50. The van der Waals surface area contributed by atoms with Gasteiger partial charge >= 0.3 is 6.18 Å². The van der Waals surface area contributed by atoms with Crippen LogP contribution in [0, 0.1) is 0 Å². The first-order chi connectivity index (χ1) is 4.34. The molecule has 60 valence electrons. The first-order valence-electron chi connectivity index (χ1n) is 2.73. The van der Waals surface area contributed by atoms with Gasteiger partial charge in [-0.25, -0.2) is 0 Å². The van der Waals surface area contributed by atoms with E-state index in [1.54, 1.807) is 0 Å². The second-order valence-electron chi connectivity index (χ2n) is 2.22. The summed E-state index contributed by atoms with van der Waals surface area (Å²) in [5, 5.41) is 8.37. The van der Waals surface area contributed by atoms with Crippen LogP contribution in [0.2, 0.25) is 0 Å². The van der Waals surface area contributed by atoms with Gasteiger partial charge in [0, 0.05) is 6.42 Å². The average Bonchev–Trinajstić information content (AvgIpc) is 1.60. The number of hydrogen-bond donors (Lipinski definition) is 1. The van der Waals surface area contributed by atoms with Gasteiger partial charge in [-0.05, 0) is 6.92 Å². The summed E-state index contributed by atoms with van der Waals surface area (Å²) in [6.07, 6.45) is -7.19. The van der Waals surface area contributed by atoms with Gasteiger partial charge in [0.2, 0.25) is 0 Å². The van der Waals surface area contributed by atoms with Crippen molar-refractivity contribution >= 4 is 0 Å². The molecule has 0 amide bonds. The number of halogens is 3. The van der Waals surface area contributed by atoms with E-state index in [1.807, 2.05) is 0 Å².